The summed E-state index contributed by atoms with van der Waals surface area (Å²) in [6.45, 7) is 2.18. The summed E-state index contributed by atoms with van der Waals surface area (Å²) in [4.78, 5) is 17.6. The summed E-state index contributed by atoms with van der Waals surface area (Å²) in [5, 5.41) is 10.3. The Balaban J connectivity index is 3.70. The Morgan fingerprint density at radius 2 is 2.08 bits per heavy atom. The van der Waals surface area contributed by atoms with Crippen molar-refractivity contribution in [2.75, 3.05) is 27.7 Å². The highest BCUT2D eigenvalue weighted by molar-refractivity contribution is 6.45. The first-order chi connectivity index (χ1) is 5.99. The topological polar surface area (TPSA) is 53.0 Å². The van der Waals surface area contributed by atoms with E-state index in [1.54, 1.807) is 25.7 Å². The molecule has 0 aliphatic heterocycles. The molecule has 5 nitrogen and oxygen atoms in total. The number of carbonyl (C=O) groups excluding carboxylic acids is 1. The first-order valence-electron chi connectivity index (χ1n) is 4.18. The highest BCUT2D eigenvalue weighted by atomic mass is 16.7. The smallest absolute Gasteiger partial charge is 0.376 e. The molecule has 1 N–H and O–H groups in total. The first-order valence-corrected chi connectivity index (χ1v) is 4.18. The Morgan fingerprint density at radius 1 is 1.54 bits per heavy atom. The molecule has 0 bridgehead atoms. The van der Waals surface area contributed by atoms with Crippen LogP contribution in [-0.2, 0) is 9.63 Å². The number of amides is 1. The average molecular weight is 188 g/mol. The molecule has 0 saturated heterocycles. The zero-order valence-corrected chi connectivity index (χ0v) is 8.65. The maximum absolute atomic E-state index is 11.2. The summed E-state index contributed by atoms with van der Waals surface area (Å²) in [6.07, 6.45) is 0.339. The molecule has 0 fully saturated rings. The minimum atomic E-state index is -0.527. The number of hydroxylamine groups is 2. The van der Waals surface area contributed by atoms with Crippen LogP contribution in [0.1, 0.15) is 6.42 Å². The van der Waals surface area contributed by atoms with Crippen LogP contribution in [-0.4, -0.2) is 55.6 Å². The minimum Gasteiger partial charge on any atom is -0.437 e. The number of nitrogens with zero attached hydrogens (tertiary/aromatic N) is 2. The summed E-state index contributed by atoms with van der Waals surface area (Å²) < 4.78 is 0. The van der Waals surface area contributed by atoms with Crippen LogP contribution in [0.15, 0.2) is 0 Å². The van der Waals surface area contributed by atoms with Gasteiger partial charge in [-0.3, -0.25) is 9.63 Å². The lowest BCUT2D eigenvalue weighted by Gasteiger charge is -2.18. The number of carbonyl (C=O) groups is 1. The van der Waals surface area contributed by atoms with Crippen LogP contribution < -0.4 is 0 Å². The van der Waals surface area contributed by atoms with E-state index in [0.717, 1.165) is 0 Å². The van der Waals surface area contributed by atoms with E-state index in [9.17, 15) is 4.79 Å². The molecule has 0 aromatic carbocycles. The lowest BCUT2D eigenvalue weighted by molar-refractivity contribution is -0.168. The SMILES string of the molecule is CON(C)C(=O)CCN(C)B(C)O. The molecule has 76 valence electrons. The van der Waals surface area contributed by atoms with Crippen molar-refractivity contribution in [3.63, 3.8) is 0 Å². The molecule has 6 heteroatoms. The van der Waals surface area contributed by atoms with E-state index in [2.05, 4.69) is 0 Å². The van der Waals surface area contributed by atoms with Gasteiger partial charge in [0.15, 0.2) is 0 Å². The molecule has 0 heterocycles. The van der Waals surface area contributed by atoms with E-state index in [-0.39, 0.29) is 5.91 Å². The van der Waals surface area contributed by atoms with Crippen LogP contribution in [0, 0.1) is 0 Å². The second-order valence-corrected chi connectivity index (χ2v) is 2.94. The summed E-state index contributed by atoms with van der Waals surface area (Å²) in [7, 11) is 4.23. The summed E-state index contributed by atoms with van der Waals surface area (Å²) in [6, 6.07) is 0. The van der Waals surface area contributed by atoms with Gasteiger partial charge in [0.2, 0.25) is 5.91 Å². The molecule has 1 amide bonds. The van der Waals surface area contributed by atoms with Crippen molar-refractivity contribution < 1.29 is 14.7 Å². The minimum absolute atomic E-state index is 0.102. The third kappa shape index (κ3) is 4.87. The van der Waals surface area contributed by atoms with Crippen LogP contribution in [0.4, 0.5) is 0 Å². The zero-order valence-electron chi connectivity index (χ0n) is 8.65. The molecule has 0 unspecified atom stereocenters. The Hall–Kier alpha value is -0.585. The van der Waals surface area contributed by atoms with Gasteiger partial charge in [-0.25, -0.2) is 5.06 Å². The van der Waals surface area contributed by atoms with E-state index in [1.165, 1.54) is 12.2 Å². The van der Waals surface area contributed by atoms with E-state index >= 15 is 0 Å². The largest absolute Gasteiger partial charge is 0.437 e. The van der Waals surface area contributed by atoms with Gasteiger partial charge in [-0.2, -0.15) is 0 Å². The van der Waals surface area contributed by atoms with E-state index in [0.29, 0.717) is 13.0 Å². The molecule has 0 atom stereocenters. The molecule has 0 aromatic rings. The number of rotatable bonds is 5. The Kier molecular flexibility index (Phi) is 5.69. The second-order valence-electron chi connectivity index (χ2n) is 2.94. The molecular formula is C7H17BN2O3. The van der Waals surface area contributed by atoms with Gasteiger partial charge in [0.1, 0.15) is 0 Å². The molecule has 0 aliphatic carbocycles. The van der Waals surface area contributed by atoms with Gasteiger partial charge in [-0.1, -0.05) is 0 Å². The molecule has 0 aliphatic rings. The summed E-state index contributed by atoms with van der Waals surface area (Å²) in [5.41, 5.74) is 0. The molecule has 0 spiro atoms. The summed E-state index contributed by atoms with van der Waals surface area (Å²) >= 11 is 0. The van der Waals surface area contributed by atoms with E-state index in [4.69, 9.17) is 9.86 Å². The molecule has 0 saturated carbocycles. The zero-order chi connectivity index (χ0) is 10.4. The molecule has 0 rings (SSSR count). The highest BCUT2D eigenvalue weighted by Gasteiger charge is 2.14. The fourth-order valence-electron chi connectivity index (χ4n) is 0.718. The standard InChI is InChI=1S/C7H17BN2O3/c1-8(12)9(2)6-5-7(11)10(3)13-4/h12H,5-6H2,1-4H3. The van der Waals surface area contributed by atoms with Crippen molar-refractivity contribution in [2.45, 2.75) is 13.2 Å². The molecule has 0 aromatic heterocycles. The van der Waals surface area contributed by atoms with Crippen LogP contribution in [0.2, 0.25) is 6.82 Å². The van der Waals surface area contributed by atoms with Crippen molar-refractivity contribution in [1.82, 2.24) is 9.87 Å². The van der Waals surface area contributed by atoms with Crippen molar-refractivity contribution in [1.29, 1.82) is 0 Å². The fourth-order valence-corrected chi connectivity index (χ4v) is 0.718. The van der Waals surface area contributed by atoms with Crippen LogP contribution >= 0.6 is 0 Å². The van der Waals surface area contributed by atoms with Crippen LogP contribution in [0.3, 0.4) is 0 Å². The summed E-state index contributed by atoms with van der Waals surface area (Å²) in [5.74, 6) is -0.102. The predicted octanol–water partition coefficient (Wildman–Crippen LogP) is -0.562. The monoisotopic (exact) mass is 188 g/mol. The van der Waals surface area contributed by atoms with E-state index < -0.39 is 7.05 Å². The Labute approximate surface area is 79.4 Å². The van der Waals surface area contributed by atoms with Gasteiger partial charge in [-0.15, -0.1) is 0 Å². The number of hydrogen-bond donors (Lipinski definition) is 1. The van der Waals surface area contributed by atoms with Gasteiger partial charge in [0.05, 0.1) is 7.11 Å². The molecular weight excluding hydrogens is 171 g/mol. The van der Waals surface area contributed by atoms with Crippen LogP contribution in [0.5, 0.6) is 0 Å². The normalized spacial score (nSPS) is 10.3. The first kappa shape index (κ1) is 12.4. The van der Waals surface area contributed by atoms with Crippen molar-refractivity contribution in [2.24, 2.45) is 0 Å². The maximum Gasteiger partial charge on any atom is 0.376 e. The third-order valence-corrected chi connectivity index (χ3v) is 1.94. The van der Waals surface area contributed by atoms with E-state index in [1.807, 2.05) is 0 Å². The fraction of sp³-hybridized carbons (Fsp3) is 0.857. The van der Waals surface area contributed by atoms with Gasteiger partial charge in [0, 0.05) is 13.5 Å². The van der Waals surface area contributed by atoms with Crippen LogP contribution in [0.25, 0.3) is 0 Å². The van der Waals surface area contributed by atoms with Gasteiger partial charge >= 0.3 is 7.05 Å². The lowest BCUT2D eigenvalue weighted by Crippen LogP contribution is -2.37. The second kappa shape index (κ2) is 5.96. The van der Waals surface area contributed by atoms with Gasteiger partial charge in [0.25, 0.3) is 0 Å². The quantitative estimate of drug-likeness (QED) is 0.464. The predicted molar refractivity (Wildman–Crippen MR) is 50.9 cm³/mol. The molecule has 0 radical (unpaired) electrons. The maximum atomic E-state index is 11.2. The van der Waals surface area contributed by atoms with Crippen molar-refractivity contribution >= 4 is 13.0 Å². The average Bonchev–Trinajstić information content (AvgIpc) is 2.11. The highest BCUT2D eigenvalue weighted by Crippen LogP contribution is 1.94. The number of hydrogen-bond acceptors (Lipinski definition) is 4. The van der Waals surface area contributed by atoms with Crippen molar-refractivity contribution in [3.05, 3.63) is 0 Å². The molecule has 13 heavy (non-hydrogen) atoms. The lowest BCUT2D eigenvalue weighted by atomic mass is 9.86. The Morgan fingerprint density at radius 3 is 2.46 bits per heavy atom. The van der Waals surface area contributed by atoms with Gasteiger partial charge in [-0.05, 0) is 20.4 Å². The van der Waals surface area contributed by atoms with Crippen molar-refractivity contribution in [3.8, 4) is 0 Å². The third-order valence-electron chi connectivity index (χ3n) is 1.94. The Bertz CT molecular complexity index is 166. The van der Waals surface area contributed by atoms with Gasteiger partial charge < -0.3 is 9.83 Å².